The number of amides is 2. The number of likely N-dealkylation sites (tertiary alicyclic amines) is 1. The van der Waals surface area contributed by atoms with Gasteiger partial charge < -0.3 is 21.7 Å². The highest BCUT2D eigenvalue weighted by atomic mass is 16.2. The third-order valence-corrected chi connectivity index (χ3v) is 5.84. The largest absolute Gasteiger partial charge is 0.328 e. The van der Waals surface area contributed by atoms with E-state index < -0.39 is 12.1 Å². The van der Waals surface area contributed by atoms with Crippen molar-refractivity contribution >= 4 is 28.3 Å². The highest BCUT2D eigenvalue weighted by Gasteiger charge is 2.39. The van der Waals surface area contributed by atoms with Gasteiger partial charge in [-0.15, -0.1) is 0 Å². The fourth-order valence-corrected chi connectivity index (χ4v) is 4.16. The molecule has 3 aromatic carbocycles. The summed E-state index contributed by atoms with van der Waals surface area (Å²) in [6.07, 6.45) is 1.66. The molecule has 5 N–H and O–H groups in total. The summed E-state index contributed by atoms with van der Waals surface area (Å²) in [5.74, 6) is -0.450. The average molecular weight is 417 g/mol. The van der Waals surface area contributed by atoms with Crippen LogP contribution in [0.5, 0.6) is 0 Å². The Balaban J connectivity index is 1.42. The summed E-state index contributed by atoms with van der Waals surface area (Å²) < 4.78 is 0. The predicted molar refractivity (Wildman–Crippen MR) is 123 cm³/mol. The van der Waals surface area contributed by atoms with Crippen LogP contribution in [-0.2, 0) is 16.0 Å². The van der Waals surface area contributed by atoms with E-state index in [4.69, 9.17) is 11.5 Å². The molecule has 0 spiro atoms. The lowest BCUT2D eigenvalue weighted by atomic mass is 10.0. The van der Waals surface area contributed by atoms with Gasteiger partial charge in [-0.1, -0.05) is 60.7 Å². The van der Waals surface area contributed by atoms with Crippen LogP contribution in [0.25, 0.3) is 10.8 Å². The molecule has 0 saturated carbocycles. The summed E-state index contributed by atoms with van der Waals surface area (Å²) in [7, 11) is 0. The van der Waals surface area contributed by atoms with Crippen LogP contribution in [0.4, 0.5) is 5.69 Å². The van der Waals surface area contributed by atoms with E-state index in [9.17, 15) is 9.59 Å². The fourth-order valence-electron chi connectivity index (χ4n) is 4.16. The summed E-state index contributed by atoms with van der Waals surface area (Å²) in [5, 5.41) is 5.09. The number of hydrogen-bond acceptors (Lipinski definition) is 4. The monoisotopic (exact) mass is 416 g/mol. The lowest BCUT2D eigenvalue weighted by Crippen LogP contribution is -2.50. The Morgan fingerprint density at radius 1 is 1.00 bits per heavy atom. The number of fused-ring (bicyclic) bond motifs is 1. The van der Waals surface area contributed by atoms with Crippen molar-refractivity contribution in [2.75, 3.05) is 11.9 Å². The molecule has 1 aliphatic heterocycles. The maximum atomic E-state index is 13.0. The lowest BCUT2D eigenvalue weighted by Gasteiger charge is -2.26. The normalized spacial score (nSPS) is 19.4. The number of nitrogens with one attached hydrogen (secondary N) is 1. The molecule has 3 atom stereocenters. The number of aryl methyl sites for hydroxylation is 1. The highest BCUT2D eigenvalue weighted by molar-refractivity contribution is 5.99. The third kappa shape index (κ3) is 4.93. The van der Waals surface area contributed by atoms with Crippen molar-refractivity contribution in [3.8, 4) is 0 Å². The quantitative estimate of drug-likeness (QED) is 0.575. The molecule has 0 unspecified atom stereocenters. The minimum atomic E-state index is -0.665. The van der Waals surface area contributed by atoms with E-state index in [0.717, 1.165) is 16.3 Å². The first-order valence-corrected chi connectivity index (χ1v) is 10.7. The number of rotatable bonds is 6. The standard InChI is InChI=1S/C25H28N4O2/c26-20-15-23(24(30)28-21-12-11-18-8-4-5-9-19(18)14-21)29(16-20)25(31)22(27)13-10-17-6-2-1-3-7-17/h1-9,11-12,14,20,22-23H,10,13,15-16,26-27H2,(H,28,30)/t20-,22-,23-/m0/s1. The van der Waals surface area contributed by atoms with Gasteiger partial charge >= 0.3 is 0 Å². The molecule has 1 heterocycles. The molecule has 6 heteroatoms. The van der Waals surface area contributed by atoms with Gasteiger partial charge in [-0.25, -0.2) is 0 Å². The van der Waals surface area contributed by atoms with E-state index in [2.05, 4.69) is 5.32 Å². The predicted octanol–water partition coefficient (Wildman–Crippen LogP) is 2.67. The zero-order valence-corrected chi connectivity index (χ0v) is 17.4. The Morgan fingerprint density at radius 3 is 2.48 bits per heavy atom. The van der Waals surface area contributed by atoms with E-state index in [1.807, 2.05) is 72.8 Å². The van der Waals surface area contributed by atoms with Crippen molar-refractivity contribution in [1.82, 2.24) is 4.90 Å². The summed E-state index contributed by atoms with van der Waals surface area (Å²) in [6, 6.07) is 22.1. The van der Waals surface area contributed by atoms with Gasteiger partial charge in [0.15, 0.2) is 0 Å². The molecule has 6 nitrogen and oxygen atoms in total. The fraction of sp³-hybridized carbons (Fsp3) is 0.280. The van der Waals surface area contributed by atoms with Gasteiger partial charge in [0, 0.05) is 18.3 Å². The maximum absolute atomic E-state index is 13.0. The van der Waals surface area contributed by atoms with Crippen molar-refractivity contribution in [2.45, 2.75) is 37.4 Å². The second-order valence-corrected chi connectivity index (χ2v) is 8.18. The van der Waals surface area contributed by atoms with E-state index in [1.54, 1.807) is 4.90 Å². The Morgan fingerprint density at radius 2 is 1.71 bits per heavy atom. The second kappa shape index (κ2) is 9.29. The maximum Gasteiger partial charge on any atom is 0.247 e. The average Bonchev–Trinajstić information content (AvgIpc) is 3.19. The molecule has 0 aliphatic carbocycles. The summed E-state index contributed by atoms with van der Waals surface area (Å²) in [4.78, 5) is 27.6. The molecule has 1 aliphatic rings. The summed E-state index contributed by atoms with van der Waals surface area (Å²) >= 11 is 0. The van der Waals surface area contributed by atoms with Crippen molar-refractivity contribution in [3.63, 3.8) is 0 Å². The number of carbonyl (C=O) groups excluding carboxylic acids is 2. The zero-order chi connectivity index (χ0) is 21.8. The van der Waals surface area contributed by atoms with E-state index in [1.165, 1.54) is 0 Å². The number of benzene rings is 3. The molecule has 4 rings (SSSR count). The van der Waals surface area contributed by atoms with E-state index in [-0.39, 0.29) is 17.9 Å². The van der Waals surface area contributed by atoms with Crippen LogP contribution in [0.3, 0.4) is 0 Å². The van der Waals surface area contributed by atoms with Gasteiger partial charge in [-0.05, 0) is 47.7 Å². The number of hydrogen-bond donors (Lipinski definition) is 3. The first kappa shape index (κ1) is 21.0. The number of carbonyl (C=O) groups is 2. The molecule has 2 amide bonds. The SMILES string of the molecule is N[C@H]1C[C@@H](C(=O)Nc2ccc3ccccc3c2)N(C(=O)[C@@H](N)CCc2ccccc2)C1. The zero-order valence-electron chi connectivity index (χ0n) is 17.4. The van der Waals surface area contributed by atoms with Gasteiger partial charge in [0.25, 0.3) is 0 Å². The summed E-state index contributed by atoms with van der Waals surface area (Å²) in [6.45, 7) is 0.341. The molecule has 3 aromatic rings. The molecule has 31 heavy (non-hydrogen) atoms. The van der Waals surface area contributed by atoms with Crippen molar-refractivity contribution in [1.29, 1.82) is 0 Å². The van der Waals surface area contributed by atoms with Crippen LogP contribution in [0, 0.1) is 0 Å². The van der Waals surface area contributed by atoms with Crippen molar-refractivity contribution in [3.05, 3.63) is 78.4 Å². The van der Waals surface area contributed by atoms with Crippen LogP contribution in [0.1, 0.15) is 18.4 Å². The van der Waals surface area contributed by atoms with Crippen molar-refractivity contribution < 1.29 is 9.59 Å². The van der Waals surface area contributed by atoms with Gasteiger partial charge in [-0.3, -0.25) is 9.59 Å². The van der Waals surface area contributed by atoms with Gasteiger partial charge in [0.2, 0.25) is 11.8 Å². The van der Waals surface area contributed by atoms with Gasteiger partial charge in [-0.2, -0.15) is 0 Å². The Hall–Kier alpha value is -3.22. The number of nitrogens with zero attached hydrogens (tertiary/aromatic N) is 1. The van der Waals surface area contributed by atoms with Crippen LogP contribution in [0.15, 0.2) is 72.8 Å². The van der Waals surface area contributed by atoms with E-state index >= 15 is 0 Å². The lowest BCUT2D eigenvalue weighted by molar-refractivity contribution is -0.137. The van der Waals surface area contributed by atoms with Crippen LogP contribution < -0.4 is 16.8 Å². The van der Waals surface area contributed by atoms with E-state index in [0.29, 0.717) is 31.5 Å². The van der Waals surface area contributed by atoms with Crippen LogP contribution in [0.2, 0.25) is 0 Å². The van der Waals surface area contributed by atoms with Gasteiger partial charge in [0.05, 0.1) is 6.04 Å². The number of anilines is 1. The molecular weight excluding hydrogens is 388 g/mol. The molecule has 1 saturated heterocycles. The molecular formula is C25H28N4O2. The molecule has 0 bridgehead atoms. The highest BCUT2D eigenvalue weighted by Crippen LogP contribution is 2.23. The second-order valence-electron chi connectivity index (χ2n) is 8.18. The number of nitrogens with two attached hydrogens (primary N) is 2. The molecule has 0 aromatic heterocycles. The minimum absolute atomic E-state index is 0.220. The smallest absolute Gasteiger partial charge is 0.247 e. The third-order valence-electron chi connectivity index (χ3n) is 5.84. The van der Waals surface area contributed by atoms with Gasteiger partial charge in [0.1, 0.15) is 6.04 Å². The minimum Gasteiger partial charge on any atom is -0.328 e. The summed E-state index contributed by atoms with van der Waals surface area (Å²) in [5.41, 5.74) is 14.1. The Labute approximate surface area is 182 Å². The Bertz CT molecular complexity index is 1070. The van der Waals surface area contributed by atoms with Crippen molar-refractivity contribution in [2.24, 2.45) is 11.5 Å². The molecule has 160 valence electrons. The first-order valence-electron chi connectivity index (χ1n) is 10.7. The topological polar surface area (TPSA) is 101 Å². The molecule has 0 radical (unpaired) electrons. The first-order chi connectivity index (χ1) is 15.0. The molecule has 1 fully saturated rings. The van der Waals surface area contributed by atoms with Crippen LogP contribution in [-0.4, -0.2) is 41.4 Å². The van der Waals surface area contributed by atoms with Crippen LogP contribution >= 0.6 is 0 Å². The Kier molecular flexibility index (Phi) is 6.30.